The first-order valence-corrected chi connectivity index (χ1v) is 5.50. The summed E-state index contributed by atoms with van der Waals surface area (Å²) >= 11 is 0. The molecule has 0 heterocycles. The van der Waals surface area contributed by atoms with Crippen molar-refractivity contribution in [2.75, 3.05) is 6.54 Å². The van der Waals surface area contributed by atoms with Gasteiger partial charge in [-0.25, -0.2) is 0 Å². The third-order valence-corrected chi connectivity index (χ3v) is 2.88. The van der Waals surface area contributed by atoms with E-state index in [1.165, 1.54) is 0 Å². The van der Waals surface area contributed by atoms with Crippen LogP contribution in [-0.4, -0.2) is 40.9 Å². The minimum atomic E-state index is -1.17. The van der Waals surface area contributed by atoms with E-state index in [-0.39, 0.29) is 18.7 Å². The molecule has 88 valence electrons. The van der Waals surface area contributed by atoms with Crippen LogP contribution in [0.15, 0.2) is 0 Å². The molecule has 0 aromatic carbocycles. The van der Waals surface area contributed by atoms with E-state index in [9.17, 15) is 15.0 Å². The van der Waals surface area contributed by atoms with Crippen molar-refractivity contribution in [3.05, 3.63) is 0 Å². The van der Waals surface area contributed by atoms with Crippen LogP contribution in [0.4, 0.5) is 0 Å². The first-order chi connectivity index (χ1) is 7.11. The first kappa shape index (κ1) is 12.4. The van der Waals surface area contributed by atoms with Crippen LogP contribution in [0.3, 0.4) is 0 Å². The van der Waals surface area contributed by atoms with Crippen molar-refractivity contribution in [2.45, 2.75) is 50.4 Å². The Balaban J connectivity index is 2.32. The molecule has 1 rings (SSSR count). The molecule has 3 unspecified atom stereocenters. The molecule has 0 aromatic heterocycles. The molecule has 1 aliphatic rings. The number of nitrogens with one attached hydrogen (secondary N) is 1. The lowest BCUT2D eigenvalue weighted by atomic mass is 10.1. The fourth-order valence-electron chi connectivity index (χ4n) is 1.89. The number of nitrogens with two attached hydrogens (primary N) is 1. The molecule has 1 aliphatic carbocycles. The molecule has 0 aliphatic heterocycles. The second-order valence-corrected chi connectivity index (χ2v) is 4.14. The molecule has 0 aromatic rings. The van der Waals surface area contributed by atoms with Gasteiger partial charge in [-0.1, -0.05) is 19.3 Å². The van der Waals surface area contributed by atoms with Crippen LogP contribution in [0.2, 0.25) is 0 Å². The summed E-state index contributed by atoms with van der Waals surface area (Å²) in [5.74, 6) is -0.731. The van der Waals surface area contributed by atoms with Crippen LogP contribution >= 0.6 is 0 Å². The highest BCUT2D eigenvalue weighted by Crippen LogP contribution is 2.17. The van der Waals surface area contributed by atoms with E-state index in [1.807, 2.05) is 0 Å². The number of rotatable bonds is 4. The summed E-state index contributed by atoms with van der Waals surface area (Å²) in [5, 5.41) is 21.9. The fraction of sp³-hybridized carbons (Fsp3) is 0.900. The van der Waals surface area contributed by atoms with Gasteiger partial charge in [0.25, 0.3) is 0 Å². The first-order valence-electron chi connectivity index (χ1n) is 5.50. The van der Waals surface area contributed by atoms with E-state index in [1.54, 1.807) is 0 Å². The predicted octanol–water partition coefficient (Wildman–Crippen LogP) is -0.884. The summed E-state index contributed by atoms with van der Waals surface area (Å²) in [6.45, 7) is 0.122. The molecule has 0 saturated heterocycles. The van der Waals surface area contributed by atoms with Crippen molar-refractivity contribution in [3.63, 3.8) is 0 Å². The van der Waals surface area contributed by atoms with Gasteiger partial charge in [-0.3, -0.25) is 4.79 Å². The predicted molar refractivity (Wildman–Crippen MR) is 56.1 cm³/mol. The number of carbonyl (C=O) groups is 1. The zero-order valence-electron chi connectivity index (χ0n) is 8.85. The average molecular weight is 216 g/mol. The van der Waals surface area contributed by atoms with Gasteiger partial charge in [-0.2, -0.15) is 0 Å². The Bertz CT molecular complexity index is 211. The molecule has 3 atom stereocenters. The second kappa shape index (κ2) is 6.05. The summed E-state index contributed by atoms with van der Waals surface area (Å²) in [4.78, 5) is 10.6. The molecule has 5 heteroatoms. The number of hydrogen-bond acceptors (Lipinski definition) is 4. The van der Waals surface area contributed by atoms with Crippen LogP contribution in [0.1, 0.15) is 32.1 Å². The summed E-state index contributed by atoms with van der Waals surface area (Å²) in [5.41, 5.74) is 4.93. The van der Waals surface area contributed by atoms with Crippen LogP contribution < -0.4 is 11.1 Å². The molecule has 5 N–H and O–H groups in total. The van der Waals surface area contributed by atoms with E-state index in [0.29, 0.717) is 0 Å². The minimum Gasteiger partial charge on any atom is -0.392 e. The Hall–Kier alpha value is -0.650. The Morgan fingerprint density at radius 1 is 1.40 bits per heavy atom. The normalized spacial score (nSPS) is 29.5. The van der Waals surface area contributed by atoms with Gasteiger partial charge < -0.3 is 21.3 Å². The summed E-state index contributed by atoms with van der Waals surface area (Å²) < 4.78 is 0. The molecule has 15 heavy (non-hydrogen) atoms. The number of primary amides is 1. The van der Waals surface area contributed by atoms with Gasteiger partial charge in [-0.15, -0.1) is 0 Å². The van der Waals surface area contributed by atoms with Gasteiger partial charge in [0.2, 0.25) is 5.91 Å². The van der Waals surface area contributed by atoms with E-state index in [4.69, 9.17) is 5.73 Å². The molecule has 0 radical (unpaired) electrons. The maximum absolute atomic E-state index is 10.6. The zero-order valence-corrected chi connectivity index (χ0v) is 8.85. The summed E-state index contributed by atoms with van der Waals surface area (Å²) in [6, 6.07) is -0.0264. The Labute approximate surface area is 89.7 Å². The molecular formula is C10H20N2O3. The smallest absolute Gasteiger partial charge is 0.247 e. The Morgan fingerprint density at radius 2 is 2.07 bits per heavy atom. The number of aliphatic hydroxyl groups excluding tert-OH is 2. The molecule has 1 amide bonds. The van der Waals surface area contributed by atoms with Crippen molar-refractivity contribution in [3.8, 4) is 0 Å². The summed E-state index contributed by atoms with van der Waals surface area (Å²) in [7, 11) is 0. The van der Waals surface area contributed by atoms with E-state index in [0.717, 1.165) is 32.1 Å². The highest BCUT2D eigenvalue weighted by molar-refractivity contribution is 5.78. The van der Waals surface area contributed by atoms with Gasteiger partial charge in [0, 0.05) is 12.6 Å². The van der Waals surface area contributed by atoms with Gasteiger partial charge in [0.1, 0.15) is 6.10 Å². The standard InChI is InChI=1S/C10H20N2O3/c11-10(15)9(14)6-12-7-4-2-1-3-5-8(7)13/h7-9,12-14H,1-6H2,(H2,11,15). The lowest BCUT2D eigenvalue weighted by Crippen LogP contribution is -2.46. The summed E-state index contributed by atoms with van der Waals surface area (Å²) in [6.07, 6.45) is 3.36. The monoisotopic (exact) mass is 216 g/mol. The van der Waals surface area contributed by atoms with Crippen LogP contribution in [-0.2, 0) is 4.79 Å². The maximum Gasteiger partial charge on any atom is 0.247 e. The van der Waals surface area contributed by atoms with E-state index < -0.39 is 12.0 Å². The highest BCUT2D eigenvalue weighted by Gasteiger charge is 2.22. The SMILES string of the molecule is NC(=O)C(O)CNC1CCCCCC1O. The molecule has 1 saturated carbocycles. The van der Waals surface area contributed by atoms with Crippen molar-refractivity contribution < 1.29 is 15.0 Å². The van der Waals surface area contributed by atoms with Crippen molar-refractivity contribution >= 4 is 5.91 Å². The zero-order chi connectivity index (χ0) is 11.3. The van der Waals surface area contributed by atoms with Gasteiger partial charge in [-0.05, 0) is 12.8 Å². The van der Waals surface area contributed by atoms with Gasteiger partial charge >= 0.3 is 0 Å². The molecule has 1 fully saturated rings. The van der Waals surface area contributed by atoms with Crippen LogP contribution in [0.25, 0.3) is 0 Å². The minimum absolute atomic E-state index is 0.0264. The van der Waals surface area contributed by atoms with Crippen molar-refractivity contribution in [1.82, 2.24) is 5.32 Å². The third-order valence-electron chi connectivity index (χ3n) is 2.88. The van der Waals surface area contributed by atoms with E-state index >= 15 is 0 Å². The number of carbonyl (C=O) groups excluding carboxylic acids is 1. The van der Waals surface area contributed by atoms with Crippen molar-refractivity contribution in [1.29, 1.82) is 0 Å². The maximum atomic E-state index is 10.6. The molecule has 0 bridgehead atoms. The quantitative estimate of drug-likeness (QED) is 0.459. The van der Waals surface area contributed by atoms with Gasteiger partial charge in [0.05, 0.1) is 6.10 Å². The average Bonchev–Trinajstić information content (AvgIpc) is 2.39. The van der Waals surface area contributed by atoms with Crippen LogP contribution in [0.5, 0.6) is 0 Å². The largest absolute Gasteiger partial charge is 0.392 e. The number of amides is 1. The van der Waals surface area contributed by atoms with E-state index in [2.05, 4.69) is 5.32 Å². The number of aliphatic hydroxyl groups is 2. The molecule has 5 nitrogen and oxygen atoms in total. The highest BCUT2D eigenvalue weighted by atomic mass is 16.3. The Kier molecular flexibility index (Phi) is 5.01. The molecule has 0 spiro atoms. The fourth-order valence-corrected chi connectivity index (χ4v) is 1.89. The Morgan fingerprint density at radius 3 is 2.73 bits per heavy atom. The lowest BCUT2D eigenvalue weighted by Gasteiger charge is -2.22. The topological polar surface area (TPSA) is 95.6 Å². The third kappa shape index (κ3) is 4.15. The van der Waals surface area contributed by atoms with Gasteiger partial charge in [0.15, 0.2) is 0 Å². The lowest BCUT2D eigenvalue weighted by molar-refractivity contribution is -0.125. The van der Waals surface area contributed by atoms with Crippen molar-refractivity contribution in [2.24, 2.45) is 5.73 Å². The second-order valence-electron chi connectivity index (χ2n) is 4.14. The molecular weight excluding hydrogens is 196 g/mol. The number of hydrogen-bond donors (Lipinski definition) is 4. The van der Waals surface area contributed by atoms with Crippen LogP contribution in [0, 0.1) is 0 Å².